The van der Waals surface area contributed by atoms with Gasteiger partial charge in [0, 0.05) is 13.6 Å². The summed E-state index contributed by atoms with van der Waals surface area (Å²) < 4.78 is 0. The molecule has 0 aromatic rings. The van der Waals surface area contributed by atoms with Gasteiger partial charge in [-0.1, -0.05) is 58.3 Å². The molecule has 0 bridgehead atoms. The van der Waals surface area contributed by atoms with Gasteiger partial charge < -0.3 is 5.21 Å². The van der Waals surface area contributed by atoms with Gasteiger partial charge in [-0.15, -0.1) is 0 Å². The highest BCUT2D eigenvalue weighted by Crippen LogP contribution is 2.09. The molecule has 0 aliphatic rings. The van der Waals surface area contributed by atoms with Crippen LogP contribution < -0.4 is 0 Å². The minimum absolute atomic E-state index is 0.815. The van der Waals surface area contributed by atoms with Gasteiger partial charge in [0.2, 0.25) is 0 Å². The summed E-state index contributed by atoms with van der Waals surface area (Å²) in [6.45, 7) is 3.07. The van der Waals surface area contributed by atoms with Gasteiger partial charge in [0.1, 0.15) is 0 Å². The molecule has 0 saturated carbocycles. The van der Waals surface area contributed by atoms with Gasteiger partial charge in [-0.25, -0.2) is 0 Å². The Kier molecular flexibility index (Phi) is 10.9. The Morgan fingerprint density at radius 2 is 1.21 bits per heavy atom. The molecule has 0 aliphatic carbocycles. The van der Waals surface area contributed by atoms with E-state index in [4.69, 9.17) is 5.21 Å². The van der Waals surface area contributed by atoms with Crippen molar-refractivity contribution in [2.45, 2.75) is 64.7 Å². The Bertz CT molecular complexity index is 104. The molecule has 0 amide bonds. The first-order chi connectivity index (χ1) is 6.77. The van der Waals surface area contributed by atoms with Crippen molar-refractivity contribution in [2.75, 3.05) is 13.6 Å². The van der Waals surface area contributed by atoms with E-state index in [1.54, 1.807) is 7.05 Å². The van der Waals surface area contributed by atoms with Gasteiger partial charge in [0.25, 0.3) is 0 Å². The molecule has 0 atom stereocenters. The molecule has 0 aliphatic heterocycles. The molecule has 0 aromatic carbocycles. The van der Waals surface area contributed by atoms with Gasteiger partial charge in [-0.05, 0) is 6.42 Å². The SMILES string of the molecule is CCCCCCCCCCCN(C)O. The van der Waals surface area contributed by atoms with Crippen molar-refractivity contribution >= 4 is 0 Å². The van der Waals surface area contributed by atoms with Crippen molar-refractivity contribution in [3.8, 4) is 0 Å². The van der Waals surface area contributed by atoms with Gasteiger partial charge >= 0.3 is 0 Å². The fourth-order valence-corrected chi connectivity index (χ4v) is 1.65. The van der Waals surface area contributed by atoms with Gasteiger partial charge in [-0.3, -0.25) is 0 Å². The zero-order chi connectivity index (χ0) is 10.6. The maximum absolute atomic E-state index is 8.89. The summed E-state index contributed by atoms with van der Waals surface area (Å²) >= 11 is 0. The van der Waals surface area contributed by atoms with Crippen LogP contribution in [0.1, 0.15) is 64.7 Å². The van der Waals surface area contributed by atoms with E-state index >= 15 is 0 Å². The first kappa shape index (κ1) is 13.9. The normalized spacial score (nSPS) is 11.1. The molecule has 2 nitrogen and oxygen atoms in total. The molecule has 14 heavy (non-hydrogen) atoms. The van der Waals surface area contributed by atoms with Crippen LogP contribution in [0.25, 0.3) is 0 Å². The fraction of sp³-hybridized carbons (Fsp3) is 1.00. The van der Waals surface area contributed by atoms with E-state index in [1.807, 2.05) is 0 Å². The third kappa shape index (κ3) is 11.9. The Morgan fingerprint density at radius 1 is 0.786 bits per heavy atom. The first-order valence-electron chi connectivity index (χ1n) is 6.17. The molecule has 0 saturated heterocycles. The quantitative estimate of drug-likeness (QED) is 0.429. The van der Waals surface area contributed by atoms with E-state index in [0.717, 1.165) is 13.0 Å². The third-order valence-corrected chi connectivity index (χ3v) is 2.59. The lowest BCUT2D eigenvalue weighted by molar-refractivity contribution is -0.0655. The predicted octanol–water partition coefficient (Wildman–Crippen LogP) is 3.84. The van der Waals surface area contributed by atoms with Crippen LogP contribution in [0.3, 0.4) is 0 Å². The molecule has 1 N–H and O–H groups in total. The molecular formula is C12H27NO. The predicted molar refractivity (Wildman–Crippen MR) is 61.6 cm³/mol. The van der Waals surface area contributed by atoms with Gasteiger partial charge in [0.15, 0.2) is 0 Å². The number of hydrogen-bond donors (Lipinski definition) is 1. The molecule has 86 valence electrons. The van der Waals surface area contributed by atoms with Gasteiger partial charge in [0.05, 0.1) is 0 Å². The Balaban J connectivity index is 2.85. The average Bonchev–Trinajstić information content (AvgIpc) is 2.15. The van der Waals surface area contributed by atoms with E-state index in [2.05, 4.69) is 6.92 Å². The van der Waals surface area contributed by atoms with Crippen LogP contribution in [0, 0.1) is 0 Å². The first-order valence-corrected chi connectivity index (χ1v) is 6.17. The van der Waals surface area contributed by atoms with Crippen LogP contribution in [-0.4, -0.2) is 23.9 Å². The number of rotatable bonds is 10. The van der Waals surface area contributed by atoms with Crippen LogP contribution in [0.4, 0.5) is 0 Å². The van der Waals surface area contributed by atoms with E-state index in [1.165, 1.54) is 56.4 Å². The summed E-state index contributed by atoms with van der Waals surface area (Å²) in [5.74, 6) is 0. The minimum atomic E-state index is 0.815. The number of hydroxylamine groups is 2. The van der Waals surface area contributed by atoms with Crippen LogP contribution in [0.2, 0.25) is 0 Å². The van der Waals surface area contributed by atoms with Crippen molar-refractivity contribution in [3.63, 3.8) is 0 Å². The smallest absolute Gasteiger partial charge is 0.0235 e. The van der Waals surface area contributed by atoms with E-state index < -0.39 is 0 Å². The second-order valence-electron chi connectivity index (χ2n) is 4.21. The highest BCUT2D eigenvalue weighted by atomic mass is 16.5. The average molecular weight is 201 g/mol. The van der Waals surface area contributed by atoms with Gasteiger partial charge in [-0.2, -0.15) is 5.06 Å². The number of hydrogen-bond acceptors (Lipinski definition) is 2. The maximum Gasteiger partial charge on any atom is 0.0235 e. The van der Waals surface area contributed by atoms with Crippen molar-refractivity contribution in [1.29, 1.82) is 0 Å². The number of nitrogens with zero attached hydrogens (tertiary/aromatic N) is 1. The summed E-state index contributed by atoms with van der Waals surface area (Å²) in [5, 5.41) is 10.2. The summed E-state index contributed by atoms with van der Waals surface area (Å²) in [7, 11) is 1.71. The summed E-state index contributed by atoms with van der Waals surface area (Å²) in [5.41, 5.74) is 0. The molecule has 0 unspecified atom stereocenters. The Labute approximate surface area is 89.3 Å². The Hall–Kier alpha value is -0.0800. The third-order valence-electron chi connectivity index (χ3n) is 2.59. The minimum Gasteiger partial charge on any atom is -0.314 e. The molecule has 2 heteroatoms. The summed E-state index contributed by atoms with van der Waals surface area (Å²) in [6, 6.07) is 0. The zero-order valence-electron chi connectivity index (χ0n) is 9.97. The largest absolute Gasteiger partial charge is 0.314 e. The van der Waals surface area contributed by atoms with Crippen LogP contribution in [0.5, 0.6) is 0 Å². The molecule has 0 heterocycles. The van der Waals surface area contributed by atoms with E-state index in [-0.39, 0.29) is 0 Å². The zero-order valence-corrected chi connectivity index (χ0v) is 9.97. The second kappa shape index (κ2) is 11.0. The fourth-order valence-electron chi connectivity index (χ4n) is 1.65. The van der Waals surface area contributed by atoms with Crippen LogP contribution in [-0.2, 0) is 0 Å². The lowest BCUT2D eigenvalue weighted by Crippen LogP contribution is -2.13. The highest BCUT2D eigenvalue weighted by Gasteiger charge is 1.93. The highest BCUT2D eigenvalue weighted by molar-refractivity contribution is 4.47. The lowest BCUT2D eigenvalue weighted by atomic mass is 10.1. The van der Waals surface area contributed by atoms with E-state index in [0.29, 0.717) is 0 Å². The molecule has 0 radical (unpaired) electrons. The van der Waals surface area contributed by atoms with E-state index in [9.17, 15) is 0 Å². The summed E-state index contributed by atoms with van der Waals surface area (Å²) in [4.78, 5) is 0. The van der Waals surface area contributed by atoms with Crippen molar-refractivity contribution in [2.24, 2.45) is 0 Å². The number of unbranched alkanes of at least 4 members (excludes halogenated alkanes) is 8. The summed E-state index contributed by atoms with van der Waals surface area (Å²) in [6.07, 6.45) is 12.1. The molecular weight excluding hydrogens is 174 g/mol. The van der Waals surface area contributed by atoms with Crippen LogP contribution >= 0.6 is 0 Å². The molecule has 0 rings (SSSR count). The topological polar surface area (TPSA) is 23.5 Å². The second-order valence-corrected chi connectivity index (χ2v) is 4.21. The monoisotopic (exact) mass is 201 g/mol. The van der Waals surface area contributed by atoms with Crippen molar-refractivity contribution in [3.05, 3.63) is 0 Å². The van der Waals surface area contributed by atoms with Crippen LogP contribution in [0.15, 0.2) is 0 Å². The molecule has 0 fully saturated rings. The maximum atomic E-state index is 8.89. The molecule has 0 aromatic heterocycles. The molecule has 0 spiro atoms. The van der Waals surface area contributed by atoms with Crippen molar-refractivity contribution < 1.29 is 5.21 Å². The Morgan fingerprint density at radius 3 is 1.64 bits per heavy atom. The standard InChI is InChI=1S/C12H27NO/c1-3-4-5-6-7-8-9-10-11-12-13(2)14/h14H,3-12H2,1-2H3. The van der Waals surface area contributed by atoms with Crippen molar-refractivity contribution in [1.82, 2.24) is 5.06 Å². The lowest BCUT2D eigenvalue weighted by Gasteiger charge is -2.06.